The van der Waals surface area contributed by atoms with E-state index in [9.17, 15) is 0 Å². The van der Waals surface area contributed by atoms with Crippen molar-refractivity contribution >= 4 is 57.4 Å². The van der Waals surface area contributed by atoms with Gasteiger partial charge in [-0.3, -0.25) is 21.7 Å². The van der Waals surface area contributed by atoms with Crippen molar-refractivity contribution in [1.29, 1.82) is 0 Å². The van der Waals surface area contributed by atoms with Crippen molar-refractivity contribution in [2.24, 2.45) is 20.5 Å². The summed E-state index contributed by atoms with van der Waals surface area (Å²) in [5.41, 5.74) is 14.8. The molecule has 0 amide bonds. The highest BCUT2D eigenvalue weighted by Crippen LogP contribution is 2.11. The van der Waals surface area contributed by atoms with Crippen LogP contribution in [0.5, 0.6) is 0 Å². The molecule has 0 aliphatic rings. The monoisotopic (exact) mass is 512 g/mol. The lowest BCUT2D eigenvalue weighted by Gasteiger charge is -2.06. The third-order valence-electron chi connectivity index (χ3n) is 4.20. The van der Waals surface area contributed by atoms with E-state index in [-0.39, 0.29) is 10.2 Å². The minimum absolute atomic E-state index is 0.280. The van der Waals surface area contributed by atoms with Gasteiger partial charge in [-0.15, -0.1) is 20.5 Å². The van der Waals surface area contributed by atoms with E-state index in [0.717, 1.165) is 22.7 Å². The van der Waals surface area contributed by atoms with Gasteiger partial charge in [-0.25, -0.2) is 0 Å². The molecular weight excluding hydrogens is 488 g/mol. The van der Waals surface area contributed by atoms with E-state index in [4.69, 9.17) is 24.4 Å². The van der Waals surface area contributed by atoms with Crippen LogP contribution in [0.2, 0.25) is 0 Å². The molecule has 0 radical (unpaired) electrons. The number of hydrogen-bond acceptors (Lipinski definition) is 6. The van der Waals surface area contributed by atoms with Crippen LogP contribution in [-0.2, 0) is 0 Å². The Hall–Kier alpha value is -4.54. The first-order chi connectivity index (χ1) is 17.7. The number of hydrazine groups is 2. The molecule has 0 heterocycles. The van der Waals surface area contributed by atoms with Gasteiger partial charge in [-0.05, 0) is 73.0 Å². The molecule has 0 saturated carbocycles. The molecule has 0 fully saturated rings. The van der Waals surface area contributed by atoms with Gasteiger partial charge in [-0.2, -0.15) is 0 Å². The molecule has 4 N–H and O–H groups in total. The fraction of sp³-hybridized carbons (Fsp3) is 0. The number of azo groups is 2. The molecule has 180 valence electrons. The van der Waals surface area contributed by atoms with Gasteiger partial charge in [0.1, 0.15) is 0 Å². The molecule has 8 nitrogen and oxygen atoms in total. The Bertz CT molecular complexity index is 1150. The molecule has 0 atom stereocenters. The van der Waals surface area contributed by atoms with Crippen LogP contribution in [0.15, 0.2) is 142 Å². The minimum Gasteiger partial charge on any atom is -0.299 e. The lowest BCUT2D eigenvalue weighted by Crippen LogP contribution is -2.25. The maximum Gasteiger partial charge on any atom is 0.232 e. The van der Waals surface area contributed by atoms with Gasteiger partial charge in [-0.1, -0.05) is 72.8 Å². The predicted molar refractivity (Wildman–Crippen MR) is 154 cm³/mol. The Labute approximate surface area is 220 Å². The topological polar surface area (TPSA) is 97.6 Å². The Kier molecular flexibility index (Phi) is 11.1. The Balaban J connectivity index is 0.000000201. The summed E-state index contributed by atoms with van der Waals surface area (Å²) in [4.78, 5) is 0. The van der Waals surface area contributed by atoms with Crippen LogP contribution in [0.1, 0.15) is 0 Å². The summed E-state index contributed by atoms with van der Waals surface area (Å²) >= 11 is 10.0. The van der Waals surface area contributed by atoms with Gasteiger partial charge in [0, 0.05) is 0 Å². The number of benzene rings is 4. The van der Waals surface area contributed by atoms with Crippen molar-refractivity contribution in [2.45, 2.75) is 0 Å². The number of thiocarbonyl (C=S) groups is 2. The van der Waals surface area contributed by atoms with E-state index in [2.05, 4.69) is 42.2 Å². The Morgan fingerprint density at radius 1 is 0.444 bits per heavy atom. The van der Waals surface area contributed by atoms with Crippen molar-refractivity contribution in [3.63, 3.8) is 0 Å². The number of para-hydroxylation sites is 2. The Morgan fingerprint density at radius 2 is 0.750 bits per heavy atom. The van der Waals surface area contributed by atoms with Gasteiger partial charge in [0.05, 0.1) is 22.7 Å². The first kappa shape index (κ1) is 26.1. The van der Waals surface area contributed by atoms with Crippen LogP contribution in [-0.4, -0.2) is 10.2 Å². The van der Waals surface area contributed by atoms with Crippen LogP contribution in [0.25, 0.3) is 0 Å². The maximum absolute atomic E-state index is 5.02. The van der Waals surface area contributed by atoms with Crippen molar-refractivity contribution in [3.05, 3.63) is 121 Å². The van der Waals surface area contributed by atoms with E-state index in [1.54, 1.807) is 0 Å². The van der Waals surface area contributed by atoms with Gasteiger partial charge in [0.15, 0.2) is 0 Å². The molecule has 10 heteroatoms. The van der Waals surface area contributed by atoms with Crippen molar-refractivity contribution < 1.29 is 0 Å². The number of rotatable bonds is 6. The minimum atomic E-state index is 0.280. The van der Waals surface area contributed by atoms with Crippen LogP contribution >= 0.6 is 24.4 Å². The summed E-state index contributed by atoms with van der Waals surface area (Å²) in [5.74, 6) is 0. The lowest BCUT2D eigenvalue weighted by atomic mass is 10.3. The SMILES string of the molecule is S=C(N=Nc1ccccc1)NNc1ccccc1.S=C(N=Nc1ccccc1)NNc1ccccc1. The van der Waals surface area contributed by atoms with Crippen LogP contribution in [0.3, 0.4) is 0 Å². The molecule has 4 aromatic carbocycles. The summed E-state index contributed by atoms with van der Waals surface area (Å²) in [6.07, 6.45) is 0. The van der Waals surface area contributed by atoms with Crippen molar-refractivity contribution in [1.82, 2.24) is 10.9 Å². The van der Waals surface area contributed by atoms with Gasteiger partial charge in [0.2, 0.25) is 10.2 Å². The zero-order valence-electron chi connectivity index (χ0n) is 19.2. The third kappa shape index (κ3) is 10.6. The molecule has 0 aromatic heterocycles. The van der Waals surface area contributed by atoms with E-state index in [0.29, 0.717) is 0 Å². The lowest BCUT2D eigenvalue weighted by molar-refractivity contribution is 1.10. The van der Waals surface area contributed by atoms with E-state index < -0.39 is 0 Å². The maximum atomic E-state index is 5.02. The van der Waals surface area contributed by atoms with Crippen molar-refractivity contribution in [2.75, 3.05) is 10.9 Å². The molecule has 4 rings (SSSR count). The third-order valence-corrected chi connectivity index (χ3v) is 4.57. The summed E-state index contributed by atoms with van der Waals surface area (Å²) in [7, 11) is 0. The predicted octanol–water partition coefficient (Wildman–Crippen LogP) is 7.34. The molecule has 0 spiro atoms. The first-order valence-electron chi connectivity index (χ1n) is 10.8. The smallest absolute Gasteiger partial charge is 0.232 e. The normalized spacial score (nSPS) is 10.2. The second-order valence-electron chi connectivity index (χ2n) is 6.91. The zero-order valence-corrected chi connectivity index (χ0v) is 20.8. The molecule has 36 heavy (non-hydrogen) atoms. The highest BCUT2D eigenvalue weighted by Gasteiger charge is 1.94. The van der Waals surface area contributed by atoms with Gasteiger partial charge < -0.3 is 0 Å². The first-order valence-corrected chi connectivity index (χ1v) is 11.7. The fourth-order valence-electron chi connectivity index (χ4n) is 2.54. The van der Waals surface area contributed by atoms with Crippen LogP contribution in [0.4, 0.5) is 22.7 Å². The van der Waals surface area contributed by atoms with E-state index in [1.807, 2.05) is 121 Å². The fourth-order valence-corrected chi connectivity index (χ4v) is 2.72. The molecule has 0 aliphatic carbocycles. The summed E-state index contributed by atoms with van der Waals surface area (Å²) in [6.45, 7) is 0. The summed E-state index contributed by atoms with van der Waals surface area (Å²) in [5, 5.41) is 16.3. The number of nitrogens with one attached hydrogen (secondary N) is 4. The van der Waals surface area contributed by atoms with Crippen LogP contribution < -0.4 is 21.7 Å². The second kappa shape index (κ2) is 15.4. The average Bonchev–Trinajstić information content (AvgIpc) is 2.95. The van der Waals surface area contributed by atoms with Crippen LogP contribution in [0, 0.1) is 0 Å². The number of nitrogens with zero attached hydrogens (tertiary/aromatic N) is 4. The molecule has 0 saturated heterocycles. The average molecular weight is 513 g/mol. The van der Waals surface area contributed by atoms with E-state index in [1.165, 1.54) is 0 Å². The Morgan fingerprint density at radius 3 is 1.08 bits per heavy atom. The summed E-state index contributed by atoms with van der Waals surface area (Å²) in [6, 6.07) is 38.1. The standard InChI is InChI=1S/2C13H12N4S/c2*18-13(16-14-11-7-3-1-4-8-11)17-15-12-9-5-2-6-10-12/h2*1-10,14H,(H,16,18). The molecule has 0 aliphatic heterocycles. The largest absolute Gasteiger partial charge is 0.299 e. The second-order valence-corrected chi connectivity index (χ2v) is 7.69. The molecule has 0 unspecified atom stereocenters. The molecule has 4 aromatic rings. The number of hydrogen-bond donors (Lipinski definition) is 4. The molecular formula is C26H24N8S2. The summed E-state index contributed by atoms with van der Waals surface area (Å²) < 4.78 is 0. The molecule has 0 bridgehead atoms. The zero-order chi connectivity index (χ0) is 25.3. The van der Waals surface area contributed by atoms with E-state index >= 15 is 0 Å². The van der Waals surface area contributed by atoms with Gasteiger partial charge in [0.25, 0.3) is 0 Å². The quantitative estimate of drug-likeness (QED) is 0.123. The highest BCUT2D eigenvalue weighted by atomic mass is 32.1. The van der Waals surface area contributed by atoms with Gasteiger partial charge >= 0.3 is 0 Å². The highest BCUT2D eigenvalue weighted by molar-refractivity contribution is 7.80. The number of anilines is 2. The van der Waals surface area contributed by atoms with Crippen molar-refractivity contribution in [3.8, 4) is 0 Å².